The molecule has 0 saturated heterocycles. The Hall–Kier alpha value is -1.59. The van der Waals surface area contributed by atoms with Crippen molar-refractivity contribution in [3.63, 3.8) is 0 Å². The molecule has 0 aromatic rings. The Labute approximate surface area is 224 Å². The summed E-state index contributed by atoms with van der Waals surface area (Å²) in [7, 11) is 0. The number of hydrogen-bond acceptors (Lipinski definition) is 3. The summed E-state index contributed by atoms with van der Waals surface area (Å²) in [4.78, 5) is 33.9. The first kappa shape index (κ1) is 38.9. The molecule has 0 saturated carbocycles. The number of rotatable bonds is 15. The molecule has 2 unspecified atom stereocenters. The lowest BCUT2D eigenvalue weighted by Crippen LogP contribution is -2.32. The van der Waals surface area contributed by atoms with Crippen LogP contribution in [0.4, 0.5) is 0 Å². The smallest absolute Gasteiger partial charge is 0.222 e. The van der Waals surface area contributed by atoms with Gasteiger partial charge in [0.05, 0.1) is 0 Å². The van der Waals surface area contributed by atoms with Gasteiger partial charge in [0.15, 0.2) is 0 Å². The summed E-state index contributed by atoms with van der Waals surface area (Å²) in [5.41, 5.74) is 0. The highest BCUT2D eigenvalue weighted by Gasteiger charge is 2.11. The van der Waals surface area contributed by atoms with Crippen molar-refractivity contribution in [2.24, 2.45) is 35.5 Å². The van der Waals surface area contributed by atoms with Gasteiger partial charge in [0.25, 0.3) is 0 Å². The molecule has 0 radical (unpaired) electrons. The van der Waals surface area contributed by atoms with Crippen molar-refractivity contribution in [1.29, 1.82) is 0 Å². The van der Waals surface area contributed by atoms with E-state index >= 15 is 0 Å². The number of hydrogen-bond donors (Lipinski definition) is 3. The van der Waals surface area contributed by atoms with Crippen LogP contribution >= 0.6 is 0 Å². The minimum Gasteiger partial charge on any atom is -0.356 e. The van der Waals surface area contributed by atoms with Crippen LogP contribution in [0, 0.1) is 35.5 Å². The Bertz CT molecular complexity index is 477. The van der Waals surface area contributed by atoms with E-state index in [2.05, 4.69) is 57.5 Å². The number of carbonyl (C=O) groups excluding carboxylic acids is 3. The van der Waals surface area contributed by atoms with Crippen molar-refractivity contribution in [3.8, 4) is 0 Å². The summed E-state index contributed by atoms with van der Waals surface area (Å²) in [6.45, 7) is 27.3. The van der Waals surface area contributed by atoms with E-state index in [1.165, 1.54) is 0 Å². The van der Waals surface area contributed by atoms with Crippen LogP contribution in [0.5, 0.6) is 0 Å². The second kappa shape index (κ2) is 25.1. The van der Waals surface area contributed by atoms with Crippen molar-refractivity contribution in [3.05, 3.63) is 0 Å². The summed E-state index contributed by atoms with van der Waals surface area (Å²) in [5, 5.41) is 8.84. The van der Waals surface area contributed by atoms with Crippen molar-refractivity contribution in [1.82, 2.24) is 16.0 Å². The molecule has 0 spiro atoms. The van der Waals surface area contributed by atoms with E-state index < -0.39 is 0 Å². The third-order valence-corrected chi connectivity index (χ3v) is 7.14. The average molecular weight is 514 g/mol. The van der Waals surface area contributed by atoms with Crippen LogP contribution in [0.15, 0.2) is 0 Å². The molecule has 0 aliphatic carbocycles. The molecule has 0 bridgehead atoms. The largest absolute Gasteiger partial charge is 0.356 e. The second-order valence-electron chi connectivity index (χ2n) is 10.7. The maximum Gasteiger partial charge on any atom is 0.222 e. The van der Waals surface area contributed by atoms with Crippen LogP contribution in [-0.4, -0.2) is 37.4 Å². The van der Waals surface area contributed by atoms with Crippen LogP contribution in [0.1, 0.15) is 122 Å². The third-order valence-electron chi connectivity index (χ3n) is 7.14. The number of nitrogens with one attached hydrogen (secondary N) is 3. The maximum absolute atomic E-state index is 11.3. The molecule has 3 amide bonds. The standard InChI is InChI=1S/3C10H21NO/c3*1-5-8(3)7-11-10(12)9(4)6-2/h3*8-9H,5-7H2,1-4H3,(H,11,12)/t8?,9-;8-,9?;8-,9-/m000/s1. The summed E-state index contributed by atoms with van der Waals surface area (Å²) in [6.07, 6.45) is 6.15. The van der Waals surface area contributed by atoms with Gasteiger partial charge in [-0.3, -0.25) is 14.4 Å². The zero-order valence-corrected chi connectivity index (χ0v) is 26.1. The lowest BCUT2D eigenvalue weighted by atomic mass is 10.1. The molecule has 0 aromatic heterocycles. The van der Waals surface area contributed by atoms with Gasteiger partial charge in [-0.05, 0) is 37.0 Å². The minimum absolute atomic E-state index is 0.161. The maximum atomic E-state index is 11.3. The fraction of sp³-hybridized carbons (Fsp3) is 0.900. The Morgan fingerprint density at radius 1 is 0.417 bits per heavy atom. The van der Waals surface area contributed by atoms with Crippen LogP contribution in [0.25, 0.3) is 0 Å². The summed E-state index contributed by atoms with van der Waals surface area (Å²) >= 11 is 0. The first-order valence-electron chi connectivity index (χ1n) is 14.7. The monoisotopic (exact) mass is 513 g/mol. The molecule has 0 aliphatic heterocycles. The van der Waals surface area contributed by atoms with Gasteiger partial charge in [-0.25, -0.2) is 0 Å². The predicted molar refractivity (Wildman–Crippen MR) is 156 cm³/mol. The Morgan fingerprint density at radius 2 is 0.611 bits per heavy atom. The zero-order chi connectivity index (χ0) is 28.7. The average Bonchev–Trinajstić information content (AvgIpc) is 2.91. The number of carbonyl (C=O) groups is 3. The normalized spacial score (nSPS) is 15.3. The van der Waals surface area contributed by atoms with E-state index in [-0.39, 0.29) is 35.5 Å². The molecule has 6 nitrogen and oxygen atoms in total. The molecular weight excluding hydrogens is 450 g/mol. The Morgan fingerprint density at radius 3 is 0.750 bits per heavy atom. The third kappa shape index (κ3) is 22.8. The summed E-state index contributed by atoms with van der Waals surface area (Å²) < 4.78 is 0. The molecule has 6 heteroatoms. The van der Waals surface area contributed by atoms with Gasteiger partial charge >= 0.3 is 0 Å². The second-order valence-corrected chi connectivity index (χ2v) is 10.7. The van der Waals surface area contributed by atoms with E-state index in [4.69, 9.17) is 0 Å². The molecule has 0 aromatic carbocycles. The molecule has 6 atom stereocenters. The van der Waals surface area contributed by atoms with Gasteiger partial charge in [-0.15, -0.1) is 0 Å². The fourth-order valence-electron chi connectivity index (χ4n) is 2.34. The highest BCUT2D eigenvalue weighted by molar-refractivity contribution is 5.78. The van der Waals surface area contributed by atoms with E-state index in [9.17, 15) is 14.4 Å². The van der Waals surface area contributed by atoms with Crippen LogP contribution in [0.3, 0.4) is 0 Å². The molecule has 36 heavy (non-hydrogen) atoms. The van der Waals surface area contributed by atoms with Crippen LogP contribution in [-0.2, 0) is 14.4 Å². The molecule has 0 fully saturated rings. The van der Waals surface area contributed by atoms with Gasteiger partial charge in [0.1, 0.15) is 0 Å². The molecule has 216 valence electrons. The SMILES string of the molecule is CCC(C)C(=O)NC[C@@H](C)CC.CCC(C)CNC(=O)[C@@H](C)CC.CC[C@H](C)CNC(=O)[C@@H](C)CC. The first-order valence-corrected chi connectivity index (χ1v) is 14.7. The highest BCUT2D eigenvalue weighted by atomic mass is 16.2. The van der Waals surface area contributed by atoms with Crippen molar-refractivity contribution >= 4 is 17.7 Å². The van der Waals surface area contributed by atoms with E-state index in [0.29, 0.717) is 17.8 Å². The molecule has 3 N–H and O–H groups in total. The van der Waals surface area contributed by atoms with Gasteiger partial charge in [0.2, 0.25) is 17.7 Å². The van der Waals surface area contributed by atoms with E-state index in [1.54, 1.807) is 0 Å². The Balaban J connectivity index is -0.000000454. The van der Waals surface area contributed by atoms with Crippen molar-refractivity contribution < 1.29 is 14.4 Å². The van der Waals surface area contributed by atoms with E-state index in [0.717, 1.165) is 58.2 Å². The zero-order valence-electron chi connectivity index (χ0n) is 26.1. The molecule has 0 aliphatic rings. The lowest BCUT2D eigenvalue weighted by Gasteiger charge is -2.13. The lowest BCUT2D eigenvalue weighted by molar-refractivity contribution is -0.125. The van der Waals surface area contributed by atoms with Crippen LogP contribution in [0.2, 0.25) is 0 Å². The quantitative estimate of drug-likeness (QED) is 0.231. The fourth-order valence-corrected chi connectivity index (χ4v) is 2.34. The van der Waals surface area contributed by atoms with Crippen molar-refractivity contribution in [2.75, 3.05) is 19.6 Å². The summed E-state index contributed by atoms with van der Waals surface area (Å²) in [6, 6.07) is 0. The van der Waals surface area contributed by atoms with Crippen molar-refractivity contribution in [2.45, 2.75) is 122 Å². The van der Waals surface area contributed by atoms with E-state index in [1.807, 2.05) is 41.5 Å². The predicted octanol–water partition coefficient (Wildman–Crippen LogP) is 6.58. The van der Waals surface area contributed by atoms with Gasteiger partial charge in [-0.1, -0.05) is 102 Å². The molecular formula is C30H63N3O3. The Kier molecular flexibility index (Phi) is 27.1. The number of amides is 3. The minimum atomic E-state index is 0.161. The molecule has 0 rings (SSSR count). The molecule has 0 heterocycles. The van der Waals surface area contributed by atoms with Gasteiger partial charge in [-0.2, -0.15) is 0 Å². The first-order chi connectivity index (χ1) is 16.8. The van der Waals surface area contributed by atoms with Gasteiger partial charge in [0, 0.05) is 37.4 Å². The highest BCUT2D eigenvalue weighted by Crippen LogP contribution is 2.04. The topological polar surface area (TPSA) is 87.3 Å². The summed E-state index contributed by atoms with van der Waals surface area (Å²) in [5.74, 6) is 2.85. The van der Waals surface area contributed by atoms with Crippen LogP contribution < -0.4 is 16.0 Å². The van der Waals surface area contributed by atoms with Gasteiger partial charge < -0.3 is 16.0 Å².